The minimum atomic E-state index is -0.202. The predicted octanol–water partition coefficient (Wildman–Crippen LogP) is 4.23. The van der Waals surface area contributed by atoms with Gasteiger partial charge in [0.1, 0.15) is 17.3 Å². The third kappa shape index (κ3) is 3.79. The van der Waals surface area contributed by atoms with Gasteiger partial charge in [0.05, 0.1) is 42.0 Å². The van der Waals surface area contributed by atoms with Gasteiger partial charge in [-0.2, -0.15) is 0 Å². The Morgan fingerprint density at radius 2 is 1.90 bits per heavy atom. The zero-order valence-corrected chi connectivity index (χ0v) is 16.5. The number of rotatable bonds is 7. The fraction of sp³-hybridized carbons (Fsp3) is 0.217. The molecule has 2 heterocycles. The first-order valence-corrected chi connectivity index (χ1v) is 9.68. The monoisotopic (exact) mass is 389 g/mol. The van der Waals surface area contributed by atoms with E-state index < -0.39 is 0 Å². The molecule has 0 aliphatic heterocycles. The summed E-state index contributed by atoms with van der Waals surface area (Å²) in [4.78, 5) is 18.3. The topological polar surface area (TPSA) is 69.3 Å². The number of nitrogens with zero attached hydrogens (tertiary/aromatic N) is 2. The number of hydrogen-bond acceptors (Lipinski definition) is 5. The summed E-state index contributed by atoms with van der Waals surface area (Å²) in [6.45, 7) is 4.95. The molecule has 29 heavy (non-hydrogen) atoms. The normalized spacial score (nSPS) is 12.2. The first-order chi connectivity index (χ1) is 14.2. The van der Waals surface area contributed by atoms with Gasteiger partial charge >= 0.3 is 0 Å². The molecule has 2 aromatic carbocycles. The smallest absolute Gasteiger partial charge is 0.266 e. The Morgan fingerprint density at radius 3 is 2.69 bits per heavy atom. The van der Waals surface area contributed by atoms with E-state index in [4.69, 9.17) is 14.1 Å². The van der Waals surface area contributed by atoms with E-state index in [-0.39, 0.29) is 11.6 Å². The van der Waals surface area contributed by atoms with E-state index in [1.807, 2.05) is 68.4 Å². The van der Waals surface area contributed by atoms with Gasteiger partial charge in [-0.25, -0.2) is 4.98 Å². The number of hydrogen-bond donors (Lipinski definition) is 1. The zero-order chi connectivity index (χ0) is 20.2. The minimum Gasteiger partial charge on any atom is -0.492 e. The predicted molar refractivity (Wildman–Crippen MR) is 112 cm³/mol. The SMILES string of the molecule is CCOc1ccccc1-n1c([C@H](C)NCc2ccco2)nc2ccccc2c1=O. The number of para-hydroxylation sites is 3. The van der Waals surface area contributed by atoms with Gasteiger partial charge in [0.15, 0.2) is 0 Å². The molecule has 0 spiro atoms. The lowest BCUT2D eigenvalue weighted by atomic mass is 10.2. The van der Waals surface area contributed by atoms with Crippen molar-refractivity contribution in [1.29, 1.82) is 0 Å². The highest BCUT2D eigenvalue weighted by atomic mass is 16.5. The van der Waals surface area contributed by atoms with Gasteiger partial charge < -0.3 is 14.5 Å². The van der Waals surface area contributed by atoms with Gasteiger partial charge in [0.25, 0.3) is 5.56 Å². The Labute approximate surface area is 168 Å². The molecule has 0 saturated carbocycles. The van der Waals surface area contributed by atoms with Gasteiger partial charge in [0.2, 0.25) is 0 Å². The molecule has 0 radical (unpaired) electrons. The standard InChI is InChI=1S/C23H23N3O3/c1-3-28-21-13-7-6-12-20(21)26-22(16(2)24-15-17-9-8-14-29-17)25-19-11-5-4-10-18(19)23(26)27/h4-14,16,24H,3,15H2,1-2H3/t16-/m0/s1. The van der Waals surface area contributed by atoms with Crippen LogP contribution in [0.1, 0.15) is 31.5 Å². The maximum atomic E-state index is 13.5. The highest BCUT2D eigenvalue weighted by Crippen LogP contribution is 2.25. The molecule has 4 aromatic rings. The molecule has 0 bridgehead atoms. The summed E-state index contributed by atoms with van der Waals surface area (Å²) in [5.41, 5.74) is 1.23. The maximum Gasteiger partial charge on any atom is 0.266 e. The van der Waals surface area contributed by atoms with Gasteiger partial charge in [0, 0.05) is 0 Å². The Bertz CT molecular complexity index is 1170. The van der Waals surface area contributed by atoms with Crippen LogP contribution in [0.25, 0.3) is 16.6 Å². The minimum absolute atomic E-state index is 0.121. The fourth-order valence-electron chi connectivity index (χ4n) is 3.35. The van der Waals surface area contributed by atoms with Crippen molar-refractivity contribution in [3.8, 4) is 11.4 Å². The quantitative estimate of drug-likeness (QED) is 0.512. The van der Waals surface area contributed by atoms with E-state index in [0.29, 0.717) is 41.3 Å². The lowest BCUT2D eigenvalue weighted by Crippen LogP contribution is -2.30. The Hall–Kier alpha value is -3.38. The molecule has 148 valence electrons. The number of fused-ring (bicyclic) bond motifs is 1. The Kier molecular flexibility index (Phi) is 5.44. The lowest BCUT2D eigenvalue weighted by molar-refractivity contribution is 0.338. The van der Waals surface area contributed by atoms with Crippen LogP contribution in [0.15, 0.2) is 76.1 Å². The second-order valence-electron chi connectivity index (χ2n) is 6.71. The molecule has 1 atom stereocenters. The van der Waals surface area contributed by atoms with E-state index in [0.717, 1.165) is 5.76 Å². The Morgan fingerprint density at radius 1 is 1.10 bits per heavy atom. The number of nitrogens with one attached hydrogen (secondary N) is 1. The van der Waals surface area contributed by atoms with E-state index in [2.05, 4.69) is 5.32 Å². The van der Waals surface area contributed by atoms with Crippen LogP contribution in [0.2, 0.25) is 0 Å². The maximum absolute atomic E-state index is 13.5. The molecule has 1 N–H and O–H groups in total. The van der Waals surface area contributed by atoms with Crippen molar-refractivity contribution < 1.29 is 9.15 Å². The first kappa shape index (κ1) is 19.0. The van der Waals surface area contributed by atoms with Crippen molar-refractivity contribution in [2.75, 3.05) is 6.61 Å². The molecule has 0 unspecified atom stereocenters. The average molecular weight is 389 g/mol. The summed E-state index contributed by atoms with van der Waals surface area (Å²) in [6.07, 6.45) is 1.64. The molecule has 0 fully saturated rings. The molecule has 4 rings (SSSR count). The van der Waals surface area contributed by atoms with Crippen LogP contribution in [0.5, 0.6) is 5.75 Å². The number of furan rings is 1. The van der Waals surface area contributed by atoms with Gasteiger partial charge in [-0.05, 0) is 50.2 Å². The first-order valence-electron chi connectivity index (χ1n) is 9.68. The van der Waals surface area contributed by atoms with Crippen molar-refractivity contribution in [3.05, 3.63) is 88.9 Å². The zero-order valence-electron chi connectivity index (χ0n) is 16.5. The van der Waals surface area contributed by atoms with Crippen molar-refractivity contribution in [2.45, 2.75) is 26.4 Å². The second-order valence-corrected chi connectivity index (χ2v) is 6.71. The molecule has 0 aliphatic rings. The molecule has 6 heteroatoms. The van der Waals surface area contributed by atoms with E-state index in [9.17, 15) is 4.79 Å². The summed E-state index contributed by atoms with van der Waals surface area (Å²) in [5.74, 6) is 2.09. The fourth-order valence-corrected chi connectivity index (χ4v) is 3.35. The third-order valence-electron chi connectivity index (χ3n) is 4.76. The van der Waals surface area contributed by atoms with Crippen LogP contribution < -0.4 is 15.6 Å². The highest BCUT2D eigenvalue weighted by Gasteiger charge is 2.20. The van der Waals surface area contributed by atoms with Gasteiger partial charge in [-0.15, -0.1) is 0 Å². The highest BCUT2D eigenvalue weighted by molar-refractivity contribution is 5.78. The van der Waals surface area contributed by atoms with Crippen LogP contribution in [0, 0.1) is 0 Å². The van der Waals surface area contributed by atoms with E-state index in [1.165, 1.54) is 0 Å². The molecular weight excluding hydrogens is 366 g/mol. The number of ether oxygens (including phenoxy) is 1. The average Bonchev–Trinajstić information content (AvgIpc) is 3.27. The van der Waals surface area contributed by atoms with E-state index >= 15 is 0 Å². The molecule has 0 aliphatic carbocycles. The lowest BCUT2D eigenvalue weighted by Gasteiger charge is -2.21. The number of benzene rings is 2. The van der Waals surface area contributed by atoms with E-state index in [1.54, 1.807) is 16.9 Å². The summed E-state index contributed by atoms with van der Waals surface area (Å²) in [5, 5.41) is 3.97. The van der Waals surface area contributed by atoms with Crippen LogP contribution >= 0.6 is 0 Å². The molecule has 0 amide bonds. The second kappa shape index (κ2) is 8.32. The molecule has 0 saturated heterocycles. The van der Waals surface area contributed by atoms with Crippen molar-refractivity contribution >= 4 is 10.9 Å². The molecule has 6 nitrogen and oxygen atoms in total. The molecule has 2 aromatic heterocycles. The van der Waals surface area contributed by atoms with Crippen LogP contribution in [0.4, 0.5) is 0 Å². The summed E-state index contributed by atoms with van der Waals surface area (Å²) in [6, 6.07) is 18.5. The third-order valence-corrected chi connectivity index (χ3v) is 4.76. The van der Waals surface area contributed by atoms with Crippen LogP contribution in [0.3, 0.4) is 0 Å². The van der Waals surface area contributed by atoms with Crippen molar-refractivity contribution in [1.82, 2.24) is 14.9 Å². The summed E-state index contributed by atoms with van der Waals surface area (Å²) < 4.78 is 12.8. The largest absolute Gasteiger partial charge is 0.492 e. The van der Waals surface area contributed by atoms with Crippen LogP contribution in [-0.4, -0.2) is 16.2 Å². The van der Waals surface area contributed by atoms with Crippen LogP contribution in [-0.2, 0) is 6.54 Å². The summed E-state index contributed by atoms with van der Waals surface area (Å²) >= 11 is 0. The van der Waals surface area contributed by atoms with Gasteiger partial charge in [-0.3, -0.25) is 9.36 Å². The summed E-state index contributed by atoms with van der Waals surface area (Å²) in [7, 11) is 0. The Balaban J connectivity index is 1.86. The van der Waals surface area contributed by atoms with Crippen molar-refractivity contribution in [2.24, 2.45) is 0 Å². The number of aromatic nitrogens is 2. The van der Waals surface area contributed by atoms with Gasteiger partial charge in [-0.1, -0.05) is 24.3 Å². The van der Waals surface area contributed by atoms with Crippen molar-refractivity contribution in [3.63, 3.8) is 0 Å². The molecular formula is C23H23N3O3.